The molecule has 0 aromatic rings. The van der Waals surface area contributed by atoms with Gasteiger partial charge in [0.25, 0.3) is 0 Å². The molecule has 1 heterocycles. The van der Waals surface area contributed by atoms with Gasteiger partial charge in [0.1, 0.15) is 0 Å². The Balaban J connectivity index is 2.59. The topological polar surface area (TPSA) is 119 Å². The summed E-state index contributed by atoms with van der Waals surface area (Å²) in [5, 5.41) is 0. The van der Waals surface area contributed by atoms with Crippen LogP contribution in [-0.4, -0.2) is 15.9 Å². The monoisotopic (exact) mass is 204 g/mol. The predicted molar refractivity (Wildman–Crippen MR) is 28.3 cm³/mol. The molecule has 11 heavy (non-hydrogen) atoms. The van der Waals surface area contributed by atoms with Gasteiger partial charge in [0.2, 0.25) is 0 Å². The van der Waals surface area contributed by atoms with Crippen LogP contribution in [0, 0.1) is 0 Å². The highest BCUT2D eigenvalue weighted by molar-refractivity contribution is 7.62. The molecule has 0 saturated carbocycles. The molecule has 1 aliphatic heterocycles. The van der Waals surface area contributed by atoms with Crippen molar-refractivity contribution >= 4 is 21.8 Å². The summed E-state index contributed by atoms with van der Waals surface area (Å²) < 4.78 is 31.3. The van der Waals surface area contributed by atoms with E-state index < -0.39 is 21.8 Å². The van der Waals surface area contributed by atoms with Gasteiger partial charge in [-0.15, -0.1) is 0 Å². The number of hydrogen-bond acceptors (Lipinski definition) is 6. The third-order valence-electron chi connectivity index (χ3n) is 0.579. The van der Waals surface area contributed by atoms with E-state index in [0.29, 0.717) is 0 Å². The summed E-state index contributed by atoms with van der Waals surface area (Å²) in [6.07, 6.45) is -1.29. The van der Waals surface area contributed by atoms with Crippen molar-refractivity contribution in [1.29, 1.82) is 0 Å². The van der Waals surface area contributed by atoms with Crippen LogP contribution in [0.1, 0.15) is 0 Å². The van der Waals surface area contributed by atoms with Crippen molar-refractivity contribution in [3.63, 3.8) is 0 Å². The van der Waals surface area contributed by atoms with Gasteiger partial charge in [-0.25, -0.2) is 13.9 Å². The molecule has 0 aliphatic carbocycles. The molecule has 0 aromatic heterocycles. The Bertz CT molecular complexity index is 260. The molecule has 1 rings (SSSR count). The third kappa shape index (κ3) is 2.28. The van der Waals surface area contributed by atoms with E-state index >= 15 is 0 Å². The van der Waals surface area contributed by atoms with Crippen molar-refractivity contribution in [2.24, 2.45) is 0 Å². The number of carbonyl (C=O) groups is 1. The van der Waals surface area contributed by atoms with Gasteiger partial charge < -0.3 is 18.8 Å². The third-order valence-corrected chi connectivity index (χ3v) is 2.98. The smallest absolute Gasteiger partial charge is 0.327 e. The van der Waals surface area contributed by atoms with Crippen LogP contribution in [0.25, 0.3) is 0 Å². The Morgan fingerprint density at radius 1 is 1.45 bits per heavy atom. The zero-order valence-corrected chi connectivity index (χ0v) is 6.53. The highest BCUT2D eigenvalue weighted by Gasteiger charge is 2.51. The quantitative estimate of drug-likeness (QED) is 0.618. The molecule has 1 fully saturated rings. The summed E-state index contributed by atoms with van der Waals surface area (Å²) >= 11 is 0. The Kier molecular flexibility index (Phi) is 1.82. The molecule has 0 radical (unpaired) electrons. The number of phosphoric acid groups is 2. The van der Waals surface area contributed by atoms with Crippen molar-refractivity contribution in [2.45, 2.75) is 0 Å². The first-order chi connectivity index (χ1) is 4.81. The van der Waals surface area contributed by atoms with Gasteiger partial charge in [-0.3, -0.25) is 0 Å². The van der Waals surface area contributed by atoms with Gasteiger partial charge in [0.15, 0.2) is 0 Å². The maximum atomic E-state index is 10.5. The van der Waals surface area contributed by atoms with Crippen LogP contribution < -0.4 is 0 Å². The molecule has 0 unspecified atom stereocenters. The van der Waals surface area contributed by atoms with E-state index in [1.807, 2.05) is 0 Å². The van der Waals surface area contributed by atoms with Gasteiger partial charge in [0.05, 0.1) is 0 Å². The Morgan fingerprint density at radius 3 is 2.18 bits per heavy atom. The average Bonchev–Trinajstić information content (AvgIpc) is 1.53. The standard InChI is InChI=1S/CH2O8P2/c2-1-7-11(6,8-1)9-10(3,4)5/h(H2,3,4,5). The maximum Gasteiger partial charge on any atom is 0.605 e. The second kappa shape index (κ2) is 2.30. The van der Waals surface area contributed by atoms with E-state index in [1.54, 1.807) is 0 Å². The largest absolute Gasteiger partial charge is 0.605 e. The van der Waals surface area contributed by atoms with E-state index in [1.165, 1.54) is 0 Å². The molecule has 0 amide bonds. The number of phosphoric ester groups is 1. The van der Waals surface area contributed by atoms with Crippen LogP contribution in [-0.2, 0) is 22.5 Å². The second-order valence-corrected chi connectivity index (χ2v) is 4.35. The summed E-state index contributed by atoms with van der Waals surface area (Å²) in [5.41, 5.74) is 0. The average molecular weight is 204 g/mol. The molecular weight excluding hydrogens is 202 g/mol. The van der Waals surface area contributed by atoms with Crippen LogP contribution in [0.15, 0.2) is 0 Å². The van der Waals surface area contributed by atoms with E-state index in [2.05, 4.69) is 13.4 Å². The molecule has 10 heteroatoms. The summed E-state index contributed by atoms with van der Waals surface area (Å²) in [6, 6.07) is 0. The number of carbonyl (C=O) groups excluding carboxylic acids is 1. The first-order valence-corrected chi connectivity index (χ1v) is 5.10. The molecule has 0 bridgehead atoms. The molecular formula is CH2O8P2. The van der Waals surface area contributed by atoms with Gasteiger partial charge in [-0.1, -0.05) is 0 Å². The molecule has 1 saturated heterocycles. The maximum absolute atomic E-state index is 10.5. The molecule has 0 aromatic carbocycles. The number of hydrogen-bond donors (Lipinski definition) is 2. The molecule has 64 valence electrons. The Labute approximate surface area is 59.9 Å². The van der Waals surface area contributed by atoms with Gasteiger partial charge in [0, 0.05) is 0 Å². The first-order valence-electron chi connectivity index (χ1n) is 2.11. The van der Waals surface area contributed by atoms with Gasteiger partial charge >= 0.3 is 21.8 Å². The van der Waals surface area contributed by atoms with E-state index in [9.17, 15) is 13.9 Å². The lowest BCUT2D eigenvalue weighted by Crippen LogP contribution is -2.17. The van der Waals surface area contributed by atoms with Crippen LogP contribution in [0.5, 0.6) is 0 Å². The van der Waals surface area contributed by atoms with Crippen molar-refractivity contribution in [2.75, 3.05) is 0 Å². The molecule has 0 atom stereocenters. The minimum absolute atomic E-state index is 1.29. The second-order valence-electron chi connectivity index (χ2n) is 1.45. The first kappa shape index (κ1) is 8.70. The summed E-state index contributed by atoms with van der Waals surface area (Å²) in [5.74, 6) is 0. The van der Waals surface area contributed by atoms with Crippen molar-refractivity contribution in [1.82, 2.24) is 0 Å². The lowest BCUT2D eigenvalue weighted by atomic mass is 11.5. The van der Waals surface area contributed by atoms with Gasteiger partial charge in [-0.2, -0.15) is 4.31 Å². The van der Waals surface area contributed by atoms with E-state index in [0.717, 1.165) is 0 Å². The fourth-order valence-corrected chi connectivity index (χ4v) is 2.04. The fraction of sp³-hybridized carbons (Fsp3) is 0. The van der Waals surface area contributed by atoms with E-state index in [4.69, 9.17) is 9.79 Å². The van der Waals surface area contributed by atoms with Crippen LogP contribution >= 0.6 is 15.6 Å². The van der Waals surface area contributed by atoms with Crippen molar-refractivity contribution in [3.8, 4) is 0 Å². The highest BCUT2D eigenvalue weighted by atomic mass is 31.3. The SMILES string of the molecule is O=C1OP(=O)(OP(=O)(O)O)O1. The Hall–Kier alpha value is -0.390. The molecule has 0 spiro atoms. The molecule has 1 aliphatic rings. The van der Waals surface area contributed by atoms with Crippen LogP contribution in [0.3, 0.4) is 0 Å². The lowest BCUT2D eigenvalue weighted by Gasteiger charge is -2.22. The van der Waals surface area contributed by atoms with Crippen molar-refractivity contribution in [3.05, 3.63) is 0 Å². The molecule has 2 N–H and O–H groups in total. The summed E-state index contributed by atoms with van der Waals surface area (Å²) in [4.78, 5) is 26.0. The predicted octanol–water partition coefficient (Wildman–Crippen LogP) is 0.371. The Morgan fingerprint density at radius 2 is 1.91 bits per heavy atom. The fourth-order valence-electron chi connectivity index (χ4n) is 0.353. The summed E-state index contributed by atoms with van der Waals surface area (Å²) in [6.45, 7) is 0. The highest BCUT2D eigenvalue weighted by Crippen LogP contribution is 2.66. The summed E-state index contributed by atoms with van der Waals surface area (Å²) in [7, 11) is -9.23. The van der Waals surface area contributed by atoms with Crippen molar-refractivity contribution < 1.29 is 37.1 Å². The lowest BCUT2D eigenvalue weighted by molar-refractivity contribution is 0.0699. The van der Waals surface area contributed by atoms with Crippen LogP contribution in [0.4, 0.5) is 4.79 Å². The van der Waals surface area contributed by atoms with Crippen LogP contribution in [0.2, 0.25) is 0 Å². The minimum atomic E-state index is -4.94. The minimum Gasteiger partial charge on any atom is -0.327 e. The zero-order chi connectivity index (χ0) is 8.70. The van der Waals surface area contributed by atoms with E-state index in [-0.39, 0.29) is 0 Å². The number of rotatable bonds is 2. The van der Waals surface area contributed by atoms with Gasteiger partial charge in [-0.05, 0) is 0 Å². The molecule has 8 nitrogen and oxygen atoms in total. The normalized spacial score (nSPS) is 21.5. The zero-order valence-electron chi connectivity index (χ0n) is 4.74.